The third-order valence-electron chi connectivity index (χ3n) is 4.27. The van der Waals surface area contributed by atoms with Gasteiger partial charge in [-0.3, -0.25) is 9.36 Å². The lowest BCUT2D eigenvalue weighted by Gasteiger charge is -2.36. The van der Waals surface area contributed by atoms with Crippen LogP contribution in [0, 0.1) is 0 Å². The third kappa shape index (κ3) is 3.32. The zero-order valence-corrected chi connectivity index (χ0v) is 13.5. The van der Waals surface area contributed by atoms with Crippen LogP contribution in [0.15, 0.2) is 33.5 Å². The monoisotopic (exact) mass is 318 g/mol. The maximum atomic E-state index is 12.4. The number of oxazole rings is 1. The number of hydrogen-bond donors (Lipinski definition) is 0. The molecule has 6 nitrogen and oxygen atoms in total. The van der Waals surface area contributed by atoms with E-state index in [0.717, 1.165) is 5.52 Å². The first-order valence-electron chi connectivity index (χ1n) is 8.05. The van der Waals surface area contributed by atoms with Gasteiger partial charge in [-0.05, 0) is 32.4 Å². The van der Waals surface area contributed by atoms with Crippen molar-refractivity contribution in [2.75, 3.05) is 13.2 Å². The minimum atomic E-state index is -0.369. The summed E-state index contributed by atoms with van der Waals surface area (Å²) in [6.07, 6.45) is 1.11. The highest BCUT2D eigenvalue weighted by Crippen LogP contribution is 2.15. The molecule has 3 rings (SSSR count). The molecule has 0 radical (unpaired) electrons. The Labute approximate surface area is 134 Å². The van der Waals surface area contributed by atoms with Crippen molar-refractivity contribution in [3.63, 3.8) is 0 Å². The van der Waals surface area contributed by atoms with Crippen LogP contribution in [-0.2, 0) is 16.1 Å². The number of nitrogens with zero attached hydrogens (tertiary/aromatic N) is 2. The zero-order chi connectivity index (χ0) is 16.4. The van der Waals surface area contributed by atoms with Gasteiger partial charge in [0.25, 0.3) is 0 Å². The van der Waals surface area contributed by atoms with E-state index in [0.29, 0.717) is 38.1 Å². The van der Waals surface area contributed by atoms with Crippen molar-refractivity contribution in [3.8, 4) is 0 Å². The standard InChI is InChI=1S/C17H22N2O4/c1-12-11-22-13(2)10-19(12)16(20)8-5-9-18-14-6-3-4-7-15(14)23-17(18)21/h3-4,6-7,12-13H,5,8-11H2,1-2H3/t12-,13+/m1/s1. The minimum Gasteiger partial charge on any atom is -0.408 e. The predicted molar refractivity (Wildman–Crippen MR) is 86.3 cm³/mol. The summed E-state index contributed by atoms with van der Waals surface area (Å²) >= 11 is 0. The molecule has 1 aromatic heterocycles. The predicted octanol–water partition coefficient (Wildman–Crippen LogP) is 2.01. The second-order valence-electron chi connectivity index (χ2n) is 6.13. The van der Waals surface area contributed by atoms with Crippen LogP contribution in [0.2, 0.25) is 0 Å². The number of carbonyl (C=O) groups excluding carboxylic acids is 1. The van der Waals surface area contributed by atoms with Gasteiger partial charge in [-0.15, -0.1) is 0 Å². The van der Waals surface area contributed by atoms with E-state index in [1.165, 1.54) is 0 Å². The van der Waals surface area contributed by atoms with Crippen LogP contribution in [0.1, 0.15) is 26.7 Å². The lowest BCUT2D eigenvalue weighted by atomic mass is 10.1. The van der Waals surface area contributed by atoms with Crippen molar-refractivity contribution in [1.82, 2.24) is 9.47 Å². The van der Waals surface area contributed by atoms with Crippen molar-refractivity contribution < 1.29 is 13.9 Å². The maximum absolute atomic E-state index is 12.4. The Bertz CT molecular complexity index is 748. The summed E-state index contributed by atoms with van der Waals surface area (Å²) < 4.78 is 12.3. The molecule has 23 heavy (non-hydrogen) atoms. The van der Waals surface area contributed by atoms with Gasteiger partial charge in [-0.2, -0.15) is 0 Å². The van der Waals surface area contributed by atoms with Crippen LogP contribution in [0.3, 0.4) is 0 Å². The number of fused-ring (bicyclic) bond motifs is 1. The van der Waals surface area contributed by atoms with E-state index in [4.69, 9.17) is 9.15 Å². The molecule has 1 amide bonds. The van der Waals surface area contributed by atoms with Crippen molar-refractivity contribution >= 4 is 17.0 Å². The second kappa shape index (κ2) is 6.58. The van der Waals surface area contributed by atoms with Crippen molar-refractivity contribution in [1.29, 1.82) is 0 Å². The van der Waals surface area contributed by atoms with Crippen LogP contribution in [0.25, 0.3) is 11.1 Å². The Morgan fingerprint density at radius 2 is 2.09 bits per heavy atom. The highest BCUT2D eigenvalue weighted by Gasteiger charge is 2.27. The molecule has 6 heteroatoms. The first-order valence-corrected chi connectivity index (χ1v) is 8.05. The molecule has 0 aliphatic carbocycles. The minimum absolute atomic E-state index is 0.0792. The van der Waals surface area contributed by atoms with E-state index in [-0.39, 0.29) is 23.8 Å². The van der Waals surface area contributed by atoms with Gasteiger partial charge in [-0.1, -0.05) is 12.1 Å². The van der Waals surface area contributed by atoms with Gasteiger partial charge in [0.1, 0.15) is 0 Å². The van der Waals surface area contributed by atoms with Crippen molar-refractivity contribution in [2.24, 2.45) is 0 Å². The van der Waals surface area contributed by atoms with Crippen LogP contribution < -0.4 is 5.76 Å². The largest absolute Gasteiger partial charge is 0.419 e. The van der Waals surface area contributed by atoms with E-state index in [9.17, 15) is 9.59 Å². The summed E-state index contributed by atoms with van der Waals surface area (Å²) in [7, 11) is 0. The summed E-state index contributed by atoms with van der Waals surface area (Å²) in [5, 5.41) is 0. The molecular formula is C17H22N2O4. The Morgan fingerprint density at radius 3 is 2.91 bits per heavy atom. The molecule has 0 N–H and O–H groups in total. The number of aryl methyl sites for hydroxylation is 1. The van der Waals surface area contributed by atoms with E-state index < -0.39 is 0 Å². The van der Waals surface area contributed by atoms with E-state index in [1.54, 1.807) is 10.6 Å². The normalized spacial score (nSPS) is 21.7. The first-order chi connectivity index (χ1) is 11.1. The Kier molecular flexibility index (Phi) is 4.52. The summed E-state index contributed by atoms with van der Waals surface area (Å²) in [5.74, 6) is -0.250. The molecule has 1 aliphatic heterocycles. The number of benzene rings is 1. The lowest BCUT2D eigenvalue weighted by Crippen LogP contribution is -2.50. The third-order valence-corrected chi connectivity index (χ3v) is 4.27. The van der Waals surface area contributed by atoms with E-state index >= 15 is 0 Å². The van der Waals surface area contributed by atoms with Gasteiger partial charge >= 0.3 is 5.76 Å². The van der Waals surface area contributed by atoms with Gasteiger partial charge in [-0.25, -0.2) is 4.79 Å². The number of aromatic nitrogens is 1. The van der Waals surface area contributed by atoms with Crippen LogP contribution >= 0.6 is 0 Å². The molecule has 2 aromatic rings. The Hall–Kier alpha value is -2.08. The van der Waals surface area contributed by atoms with Gasteiger partial charge < -0.3 is 14.1 Å². The topological polar surface area (TPSA) is 64.7 Å². The van der Waals surface area contributed by atoms with Crippen LogP contribution in [-0.4, -0.2) is 40.7 Å². The van der Waals surface area contributed by atoms with Crippen molar-refractivity contribution in [2.45, 2.75) is 45.4 Å². The van der Waals surface area contributed by atoms with Crippen LogP contribution in [0.4, 0.5) is 0 Å². The average molecular weight is 318 g/mol. The number of morpholine rings is 1. The summed E-state index contributed by atoms with van der Waals surface area (Å²) in [6, 6.07) is 7.44. The number of para-hydroxylation sites is 2. The molecule has 1 saturated heterocycles. The summed E-state index contributed by atoms with van der Waals surface area (Å²) in [4.78, 5) is 26.2. The molecule has 124 valence electrons. The smallest absolute Gasteiger partial charge is 0.408 e. The molecular weight excluding hydrogens is 296 g/mol. The zero-order valence-electron chi connectivity index (χ0n) is 13.5. The quantitative estimate of drug-likeness (QED) is 0.865. The Balaban J connectivity index is 1.61. The van der Waals surface area contributed by atoms with Gasteiger partial charge in [0, 0.05) is 19.5 Å². The fourth-order valence-electron chi connectivity index (χ4n) is 3.01. The Morgan fingerprint density at radius 1 is 1.30 bits per heavy atom. The first kappa shape index (κ1) is 15.8. The van der Waals surface area contributed by atoms with Gasteiger partial charge in [0.2, 0.25) is 5.91 Å². The molecule has 0 bridgehead atoms. The highest BCUT2D eigenvalue weighted by molar-refractivity contribution is 5.76. The van der Waals surface area contributed by atoms with E-state index in [1.807, 2.05) is 36.9 Å². The molecule has 1 fully saturated rings. The molecule has 0 spiro atoms. The maximum Gasteiger partial charge on any atom is 0.419 e. The second-order valence-corrected chi connectivity index (χ2v) is 6.13. The average Bonchev–Trinajstić information content (AvgIpc) is 2.85. The number of hydrogen-bond acceptors (Lipinski definition) is 4. The lowest BCUT2D eigenvalue weighted by molar-refractivity contribution is -0.143. The molecule has 0 unspecified atom stereocenters. The van der Waals surface area contributed by atoms with E-state index in [2.05, 4.69) is 0 Å². The molecule has 0 saturated carbocycles. The van der Waals surface area contributed by atoms with Gasteiger partial charge in [0.15, 0.2) is 5.58 Å². The SMILES string of the molecule is C[C@@H]1CO[C@@H](C)CN1C(=O)CCCn1c(=O)oc2ccccc21. The molecule has 1 aromatic carbocycles. The number of ether oxygens (including phenoxy) is 1. The highest BCUT2D eigenvalue weighted by atomic mass is 16.5. The number of carbonyl (C=O) groups is 1. The fraction of sp³-hybridized carbons (Fsp3) is 0.529. The molecule has 2 atom stereocenters. The van der Waals surface area contributed by atoms with Crippen molar-refractivity contribution in [3.05, 3.63) is 34.8 Å². The fourth-order valence-corrected chi connectivity index (χ4v) is 3.01. The number of amides is 1. The molecule has 2 heterocycles. The summed E-state index contributed by atoms with van der Waals surface area (Å²) in [5.41, 5.74) is 1.36. The van der Waals surface area contributed by atoms with Gasteiger partial charge in [0.05, 0.1) is 24.3 Å². The van der Waals surface area contributed by atoms with Crippen LogP contribution in [0.5, 0.6) is 0 Å². The number of rotatable bonds is 4. The summed E-state index contributed by atoms with van der Waals surface area (Å²) in [6.45, 7) is 5.67. The molecule has 1 aliphatic rings.